The summed E-state index contributed by atoms with van der Waals surface area (Å²) in [7, 11) is 0. The molecule has 0 amide bonds. The lowest BCUT2D eigenvalue weighted by Crippen LogP contribution is -2.33. The first-order valence-electron chi connectivity index (χ1n) is 8.27. The molecule has 3 nitrogen and oxygen atoms in total. The molecule has 0 atom stereocenters. The van der Waals surface area contributed by atoms with Crippen molar-refractivity contribution in [1.82, 2.24) is 9.88 Å². The van der Waals surface area contributed by atoms with Gasteiger partial charge >= 0.3 is 0 Å². The van der Waals surface area contributed by atoms with E-state index in [9.17, 15) is 4.79 Å². The van der Waals surface area contributed by atoms with E-state index in [0.29, 0.717) is 6.04 Å². The number of nitrogens with zero attached hydrogens (tertiary/aromatic N) is 1. The molecule has 1 N–H and O–H groups in total. The van der Waals surface area contributed by atoms with Gasteiger partial charge in [-0.05, 0) is 57.1 Å². The van der Waals surface area contributed by atoms with Gasteiger partial charge in [0.1, 0.15) is 0 Å². The number of pyridine rings is 1. The summed E-state index contributed by atoms with van der Waals surface area (Å²) in [6, 6.07) is 2.81. The van der Waals surface area contributed by atoms with Gasteiger partial charge in [-0.25, -0.2) is 0 Å². The Labute approximate surface area is 121 Å². The highest BCUT2D eigenvalue weighted by Gasteiger charge is 2.18. The molecule has 0 radical (unpaired) electrons. The molecule has 1 fully saturated rings. The second kappa shape index (κ2) is 6.13. The Bertz CT molecular complexity index is 527. The Morgan fingerprint density at radius 1 is 1.20 bits per heavy atom. The first-order valence-corrected chi connectivity index (χ1v) is 8.27. The monoisotopic (exact) mass is 274 g/mol. The number of nitrogens with one attached hydrogen (secondary N) is 1. The number of aromatic nitrogens is 1. The molecule has 0 aliphatic heterocycles. The topological polar surface area (TPSA) is 34.0 Å². The lowest BCUT2D eigenvalue weighted by molar-refractivity contribution is 0.515. The minimum absolute atomic E-state index is 0.235. The molecule has 3 heteroatoms. The van der Waals surface area contributed by atoms with Crippen molar-refractivity contribution in [2.45, 2.75) is 77.4 Å². The summed E-state index contributed by atoms with van der Waals surface area (Å²) in [6.07, 6.45) is 9.93. The summed E-state index contributed by atoms with van der Waals surface area (Å²) in [4.78, 5) is 12.6. The zero-order valence-electron chi connectivity index (χ0n) is 12.6. The van der Waals surface area contributed by atoms with Crippen LogP contribution in [0.25, 0.3) is 0 Å². The second-order valence-corrected chi connectivity index (χ2v) is 6.26. The molecule has 0 unspecified atom stereocenters. The van der Waals surface area contributed by atoms with E-state index >= 15 is 0 Å². The zero-order valence-corrected chi connectivity index (χ0v) is 12.6. The van der Waals surface area contributed by atoms with Gasteiger partial charge in [0.05, 0.1) is 0 Å². The number of fused-ring (bicyclic) bond motifs is 1. The number of aryl methyl sites for hydroxylation is 1. The van der Waals surface area contributed by atoms with Crippen LogP contribution in [0.5, 0.6) is 0 Å². The normalized spacial score (nSPS) is 19.2. The number of rotatable bonds is 4. The Morgan fingerprint density at radius 3 is 2.70 bits per heavy atom. The molecular weight excluding hydrogens is 248 g/mol. The van der Waals surface area contributed by atoms with Crippen LogP contribution in [0.4, 0.5) is 0 Å². The maximum absolute atomic E-state index is 12.6. The van der Waals surface area contributed by atoms with Crippen molar-refractivity contribution in [2.24, 2.45) is 0 Å². The van der Waals surface area contributed by atoms with Crippen LogP contribution in [-0.4, -0.2) is 10.6 Å². The number of hydrogen-bond acceptors (Lipinski definition) is 2. The first-order chi connectivity index (χ1) is 9.79. The van der Waals surface area contributed by atoms with E-state index in [1.165, 1.54) is 49.8 Å². The lowest BCUT2D eigenvalue weighted by atomic mass is 9.94. The number of hydrogen-bond donors (Lipinski definition) is 1. The van der Waals surface area contributed by atoms with Crippen molar-refractivity contribution < 1.29 is 0 Å². The Hall–Kier alpha value is -1.09. The molecule has 0 bridgehead atoms. The fourth-order valence-corrected chi connectivity index (χ4v) is 3.79. The van der Waals surface area contributed by atoms with E-state index in [4.69, 9.17) is 0 Å². The van der Waals surface area contributed by atoms with Crippen molar-refractivity contribution in [3.8, 4) is 0 Å². The second-order valence-electron chi connectivity index (χ2n) is 6.26. The van der Waals surface area contributed by atoms with Crippen molar-refractivity contribution in [2.75, 3.05) is 0 Å². The molecule has 2 aliphatic carbocycles. The summed E-state index contributed by atoms with van der Waals surface area (Å²) in [5.74, 6) is 0. The van der Waals surface area contributed by atoms with E-state index in [2.05, 4.69) is 18.3 Å². The molecule has 1 heterocycles. The smallest absolute Gasteiger partial charge is 0.255 e. The maximum Gasteiger partial charge on any atom is 0.255 e. The highest BCUT2D eigenvalue weighted by Crippen LogP contribution is 2.21. The van der Waals surface area contributed by atoms with Crippen molar-refractivity contribution in [3.63, 3.8) is 0 Å². The van der Waals surface area contributed by atoms with Crippen LogP contribution in [0, 0.1) is 0 Å². The Balaban J connectivity index is 1.84. The Morgan fingerprint density at radius 2 is 1.95 bits per heavy atom. The molecule has 1 aromatic rings. The first kappa shape index (κ1) is 13.9. The minimum atomic E-state index is 0.235. The van der Waals surface area contributed by atoms with Gasteiger partial charge in [0.2, 0.25) is 0 Å². The Kier molecular flexibility index (Phi) is 4.25. The van der Waals surface area contributed by atoms with Gasteiger partial charge in [0.15, 0.2) is 0 Å². The third kappa shape index (κ3) is 2.69. The fraction of sp³-hybridized carbons (Fsp3) is 0.706. The van der Waals surface area contributed by atoms with Crippen LogP contribution < -0.4 is 10.9 Å². The molecule has 0 saturated heterocycles. The van der Waals surface area contributed by atoms with E-state index < -0.39 is 0 Å². The fourth-order valence-electron chi connectivity index (χ4n) is 3.79. The predicted octanol–water partition coefficient (Wildman–Crippen LogP) is 2.78. The van der Waals surface area contributed by atoms with Crippen molar-refractivity contribution in [1.29, 1.82) is 0 Å². The third-order valence-corrected chi connectivity index (χ3v) is 4.93. The molecule has 20 heavy (non-hydrogen) atoms. The molecule has 0 aromatic carbocycles. The molecule has 1 aromatic heterocycles. The van der Waals surface area contributed by atoms with Crippen LogP contribution >= 0.6 is 0 Å². The molecular formula is C17H26N2O. The average Bonchev–Trinajstić information content (AvgIpc) is 2.98. The largest absolute Gasteiger partial charge is 0.312 e. The average molecular weight is 274 g/mol. The van der Waals surface area contributed by atoms with E-state index in [1.807, 2.05) is 4.57 Å². The lowest BCUT2D eigenvalue weighted by Gasteiger charge is -2.22. The van der Waals surface area contributed by atoms with Gasteiger partial charge in [-0.3, -0.25) is 4.79 Å². The van der Waals surface area contributed by atoms with Crippen LogP contribution in [0.1, 0.15) is 62.3 Å². The van der Waals surface area contributed by atoms with Crippen molar-refractivity contribution >= 4 is 0 Å². The zero-order chi connectivity index (χ0) is 13.9. The van der Waals surface area contributed by atoms with Crippen LogP contribution in [-0.2, 0) is 25.9 Å². The molecule has 110 valence electrons. The quantitative estimate of drug-likeness (QED) is 0.916. The molecule has 2 aliphatic rings. The molecule has 1 saturated carbocycles. The summed E-state index contributed by atoms with van der Waals surface area (Å²) in [5.41, 5.74) is 3.92. The molecule has 3 rings (SSSR count). The van der Waals surface area contributed by atoms with Crippen LogP contribution in [0.3, 0.4) is 0 Å². The van der Waals surface area contributed by atoms with E-state index in [0.717, 1.165) is 31.5 Å². The third-order valence-electron chi connectivity index (χ3n) is 4.93. The van der Waals surface area contributed by atoms with Crippen molar-refractivity contribution in [3.05, 3.63) is 33.2 Å². The predicted molar refractivity (Wildman–Crippen MR) is 82.1 cm³/mol. The summed E-state index contributed by atoms with van der Waals surface area (Å²) < 4.78 is 2.01. The van der Waals surface area contributed by atoms with Crippen LogP contribution in [0.2, 0.25) is 0 Å². The summed E-state index contributed by atoms with van der Waals surface area (Å²) in [5, 5.41) is 3.58. The van der Waals surface area contributed by atoms with Gasteiger partial charge in [0.25, 0.3) is 5.56 Å². The SMILES string of the molecule is CCn1c2c(cc(CNC3CCCC3)c1=O)CCCC2. The van der Waals surface area contributed by atoms with Gasteiger partial charge in [0, 0.05) is 30.4 Å². The van der Waals surface area contributed by atoms with Crippen LogP contribution in [0.15, 0.2) is 10.9 Å². The standard InChI is InChI=1S/C17H26N2O/c1-2-19-16-10-6-3-7-13(16)11-14(17(19)20)12-18-15-8-4-5-9-15/h11,15,18H,2-10,12H2,1H3. The minimum Gasteiger partial charge on any atom is -0.312 e. The van der Waals surface area contributed by atoms with Gasteiger partial charge < -0.3 is 9.88 Å². The van der Waals surface area contributed by atoms with E-state index in [1.54, 1.807) is 0 Å². The van der Waals surface area contributed by atoms with Gasteiger partial charge in [-0.2, -0.15) is 0 Å². The summed E-state index contributed by atoms with van der Waals surface area (Å²) >= 11 is 0. The van der Waals surface area contributed by atoms with E-state index in [-0.39, 0.29) is 5.56 Å². The van der Waals surface area contributed by atoms with Gasteiger partial charge in [-0.15, -0.1) is 0 Å². The molecule has 0 spiro atoms. The van der Waals surface area contributed by atoms with Gasteiger partial charge in [-0.1, -0.05) is 12.8 Å². The highest BCUT2D eigenvalue weighted by molar-refractivity contribution is 5.29. The maximum atomic E-state index is 12.6. The summed E-state index contributed by atoms with van der Waals surface area (Å²) in [6.45, 7) is 3.64. The highest BCUT2D eigenvalue weighted by atomic mass is 16.1.